The predicted octanol–water partition coefficient (Wildman–Crippen LogP) is 2.87. The predicted molar refractivity (Wildman–Crippen MR) is 121 cm³/mol. The lowest BCUT2D eigenvalue weighted by Crippen LogP contribution is -2.44. The van der Waals surface area contributed by atoms with E-state index in [-0.39, 0.29) is 28.2 Å². The number of nitrogens with zero attached hydrogens (tertiary/aromatic N) is 2. The van der Waals surface area contributed by atoms with Gasteiger partial charge in [-0.3, -0.25) is 9.69 Å². The zero-order valence-electron chi connectivity index (χ0n) is 17.8. The molecule has 2 aliphatic heterocycles. The van der Waals surface area contributed by atoms with E-state index in [1.807, 2.05) is 6.07 Å². The molecule has 174 valence electrons. The van der Waals surface area contributed by atoms with Crippen molar-refractivity contribution in [1.29, 1.82) is 0 Å². The molecular weight excluding hydrogens is 453 g/mol. The fraction of sp³-hybridized carbons (Fsp3) is 0.500. The van der Waals surface area contributed by atoms with Crippen molar-refractivity contribution in [1.82, 2.24) is 14.5 Å². The van der Waals surface area contributed by atoms with Gasteiger partial charge in [0.15, 0.2) is 0 Å². The number of nitrogens with one attached hydrogen (secondary N) is 1. The third-order valence-electron chi connectivity index (χ3n) is 5.94. The normalized spacial score (nSPS) is 19.5. The van der Waals surface area contributed by atoms with E-state index >= 15 is 0 Å². The topological polar surface area (TPSA) is 79.0 Å². The zero-order valence-corrected chi connectivity index (χ0v) is 19.5. The van der Waals surface area contributed by atoms with Gasteiger partial charge in [0, 0.05) is 32.7 Å². The molecule has 2 aromatic rings. The van der Waals surface area contributed by atoms with Gasteiger partial charge in [0.2, 0.25) is 10.0 Å². The van der Waals surface area contributed by atoms with Gasteiger partial charge in [-0.2, -0.15) is 4.31 Å². The molecule has 0 bridgehead atoms. The molecule has 2 saturated heterocycles. The van der Waals surface area contributed by atoms with Gasteiger partial charge in [-0.1, -0.05) is 18.6 Å². The first kappa shape index (κ1) is 23.3. The highest BCUT2D eigenvalue weighted by molar-refractivity contribution is 7.89. The molecule has 2 fully saturated rings. The van der Waals surface area contributed by atoms with Gasteiger partial charge >= 0.3 is 0 Å². The standard InChI is InChI=1S/C22H28FN3O4S2/c23-18-6-4-5-17(15-18)19(25-10-12-30-13-11-25)16-24-22(27)21-20(7-14-31-21)32(28,29)26-8-2-1-3-9-26/h4-7,14-15,19H,1-3,8-13,16H2,(H,24,27). The number of thiophene rings is 1. The number of carbonyl (C=O) groups is 1. The number of carbonyl (C=O) groups excluding carboxylic acids is 1. The molecule has 0 spiro atoms. The highest BCUT2D eigenvalue weighted by Crippen LogP contribution is 2.28. The maximum Gasteiger partial charge on any atom is 0.262 e. The molecule has 0 saturated carbocycles. The highest BCUT2D eigenvalue weighted by atomic mass is 32.2. The van der Waals surface area contributed by atoms with Crippen LogP contribution in [0.3, 0.4) is 0 Å². The highest BCUT2D eigenvalue weighted by Gasteiger charge is 2.31. The van der Waals surface area contributed by atoms with Crippen molar-refractivity contribution in [2.75, 3.05) is 45.9 Å². The summed E-state index contributed by atoms with van der Waals surface area (Å²) in [5.41, 5.74) is 0.763. The van der Waals surface area contributed by atoms with Crippen LogP contribution in [0.5, 0.6) is 0 Å². The third kappa shape index (κ3) is 5.20. The largest absolute Gasteiger partial charge is 0.379 e. The van der Waals surface area contributed by atoms with Gasteiger partial charge in [0.05, 0.1) is 19.3 Å². The first-order chi connectivity index (χ1) is 15.5. The molecule has 1 unspecified atom stereocenters. The van der Waals surface area contributed by atoms with Crippen molar-refractivity contribution in [3.05, 3.63) is 52.0 Å². The summed E-state index contributed by atoms with van der Waals surface area (Å²) >= 11 is 1.12. The summed E-state index contributed by atoms with van der Waals surface area (Å²) in [6.45, 7) is 3.69. The number of rotatable bonds is 7. The SMILES string of the molecule is O=C(NCC(c1cccc(F)c1)N1CCOCC1)c1sccc1S(=O)(=O)N1CCCCC1. The Morgan fingerprint density at radius 2 is 1.88 bits per heavy atom. The van der Waals surface area contributed by atoms with E-state index in [1.165, 1.54) is 22.5 Å². The number of halogens is 1. The summed E-state index contributed by atoms with van der Waals surface area (Å²) in [4.78, 5) is 15.4. The van der Waals surface area contributed by atoms with Gasteiger partial charge in [0.25, 0.3) is 5.91 Å². The number of ether oxygens (including phenoxy) is 1. The number of sulfonamides is 1. The maximum absolute atomic E-state index is 13.9. The minimum atomic E-state index is -3.70. The monoisotopic (exact) mass is 481 g/mol. The summed E-state index contributed by atoms with van der Waals surface area (Å²) in [5.74, 6) is -0.759. The van der Waals surface area contributed by atoms with E-state index in [9.17, 15) is 17.6 Å². The Hall–Kier alpha value is -1.85. The van der Waals surface area contributed by atoms with E-state index in [0.29, 0.717) is 39.4 Å². The average Bonchev–Trinajstić information content (AvgIpc) is 3.32. The first-order valence-corrected chi connectivity index (χ1v) is 13.2. The van der Waals surface area contributed by atoms with E-state index in [2.05, 4.69) is 10.2 Å². The van der Waals surface area contributed by atoms with E-state index in [4.69, 9.17) is 4.74 Å². The van der Waals surface area contributed by atoms with Crippen molar-refractivity contribution in [3.8, 4) is 0 Å². The Kier molecular flexibility index (Phi) is 7.57. The van der Waals surface area contributed by atoms with Gasteiger partial charge in [0.1, 0.15) is 15.6 Å². The lowest BCUT2D eigenvalue weighted by atomic mass is 10.0. The van der Waals surface area contributed by atoms with Crippen LogP contribution in [-0.4, -0.2) is 69.5 Å². The lowest BCUT2D eigenvalue weighted by molar-refractivity contribution is 0.0162. The van der Waals surface area contributed by atoms with Crippen LogP contribution in [0.25, 0.3) is 0 Å². The fourth-order valence-corrected chi connectivity index (χ4v) is 7.08. The van der Waals surface area contributed by atoms with Crippen LogP contribution in [-0.2, 0) is 14.8 Å². The van der Waals surface area contributed by atoms with Crippen molar-refractivity contribution in [2.24, 2.45) is 0 Å². The molecule has 10 heteroatoms. The van der Waals surface area contributed by atoms with Crippen LogP contribution in [0, 0.1) is 5.82 Å². The second-order valence-electron chi connectivity index (χ2n) is 8.01. The van der Waals surface area contributed by atoms with Gasteiger partial charge in [-0.15, -0.1) is 11.3 Å². The quantitative estimate of drug-likeness (QED) is 0.658. The number of piperidine rings is 1. The summed E-state index contributed by atoms with van der Waals surface area (Å²) in [5, 5.41) is 4.54. The molecule has 1 aromatic carbocycles. The fourth-order valence-electron chi connectivity index (χ4n) is 4.24. The molecule has 2 aliphatic rings. The van der Waals surface area contributed by atoms with Crippen molar-refractivity contribution in [2.45, 2.75) is 30.2 Å². The van der Waals surface area contributed by atoms with Gasteiger partial charge in [-0.05, 0) is 42.0 Å². The van der Waals surface area contributed by atoms with E-state index in [0.717, 1.165) is 36.2 Å². The Balaban J connectivity index is 1.51. The van der Waals surface area contributed by atoms with Crippen LogP contribution in [0.15, 0.2) is 40.6 Å². The number of benzene rings is 1. The van der Waals surface area contributed by atoms with Crippen LogP contribution in [0.4, 0.5) is 4.39 Å². The molecule has 1 amide bonds. The first-order valence-electron chi connectivity index (χ1n) is 10.9. The lowest BCUT2D eigenvalue weighted by Gasteiger charge is -2.35. The Bertz CT molecular complexity index is 1030. The molecule has 32 heavy (non-hydrogen) atoms. The van der Waals surface area contributed by atoms with Gasteiger partial charge < -0.3 is 10.1 Å². The Labute approximate surface area is 192 Å². The number of hydrogen-bond donors (Lipinski definition) is 1. The molecule has 7 nitrogen and oxygen atoms in total. The number of morpholine rings is 1. The number of hydrogen-bond acceptors (Lipinski definition) is 6. The van der Waals surface area contributed by atoms with Crippen LogP contribution < -0.4 is 5.32 Å². The van der Waals surface area contributed by atoms with E-state index < -0.39 is 15.9 Å². The summed E-state index contributed by atoms with van der Waals surface area (Å²) in [6.07, 6.45) is 2.69. The van der Waals surface area contributed by atoms with Crippen LogP contribution >= 0.6 is 11.3 Å². The maximum atomic E-state index is 13.9. The molecule has 4 rings (SSSR count). The molecule has 1 aromatic heterocycles. The second-order valence-corrected chi connectivity index (χ2v) is 10.8. The molecular formula is C22H28FN3O4S2. The van der Waals surface area contributed by atoms with Crippen LogP contribution in [0.2, 0.25) is 0 Å². The molecule has 0 aliphatic carbocycles. The molecule has 1 N–H and O–H groups in total. The third-order valence-corrected chi connectivity index (χ3v) is 8.93. The minimum Gasteiger partial charge on any atom is -0.379 e. The smallest absolute Gasteiger partial charge is 0.262 e. The van der Waals surface area contributed by atoms with E-state index in [1.54, 1.807) is 11.4 Å². The Morgan fingerprint density at radius 3 is 2.59 bits per heavy atom. The van der Waals surface area contributed by atoms with Crippen LogP contribution in [0.1, 0.15) is 40.5 Å². The zero-order chi connectivity index (χ0) is 22.6. The molecule has 0 radical (unpaired) electrons. The Morgan fingerprint density at radius 1 is 1.12 bits per heavy atom. The summed E-state index contributed by atoms with van der Waals surface area (Å²) in [7, 11) is -3.70. The number of amides is 1. The van der Waals surface area contributed by atoms with Crippen molar-refractivity contribution < 1.29 is 22.3 Å². The summed E-state index contributed by atoms with van der Waals surface area (Å²) in [6, 6.07) is 7.64. The summed E-state index contributed by atoms with van der Waals surface area (Å²) < 4.78 is 47.0. The molecule has 3 heterocycles. The van der Waals surface area contributed by atoms with Crippen molar-refractivity contribution in [3.63, 3.8) is 0 Å². The van der Waals surface area contributed by atoms with Crippen molar-refractivity contribution >= 4 is 27.3 Å². The van der Waals surface area contributed by atoms with Gasteiger partial charge in [-0.25, -0.2) is 12.8 Å². The average molecular weight is 482 g/mol. The second kappa shape index (κ2) is 10.4. The minimum absolute atomic E-state index is 0.0654. The molecule has 1 atom stereocenters.